The molecular weight excluding hydrogens is 219 g/mol. The Morgan fingerprint density at radius 1 is 1.88 bits per heavy atom. The van der Waals surface area contributed by atoms with Gasteiger partial charge in [0.2, 0.25) is 0 Å². The maximum atomic E-state index is 10.3. The molecule has 1 amide bonds. The molecule has 0 fully saturated rings. The summed E-state index contributed by atoms with van der Waals surface area (Å²) in [7, 11) is 0. The van der Waals surface area contributed by atoms with Gasteiger partial charge in [0.15, 0.2) is 0 Å². The van der Waals surface area contributed by atoms with Crippen LogP contribution in [0.25, 0.3) is 0 Å². The van der Waals surface area contributed by atoms with E-state index >= 15 is 0 Å². The second-order valence-corrected chi connectivity index (χ2v) is 1.64. The molecule has 0 spiro atoms. The van der Waals surface area contributed by atoms with Crippen LogP contribution in [0.5, 0.6) is 0 Å². The molecule has 3 nitrogen and oxygen atoms in total. The molecule has 4 heteroatoms. The minimum atomic E-state index is -0.129. The Morgan fingerprint density at radius 2 is 2.50 bits per heavy atom. The van der Waals surface area contributed by atoms with Gasteiger partial charge in [-0.1, -0.05) is 6.08 Å². The predicted molar refractivity (Wildman–Crippen MR) is 40.4 cm³/mol. The van der Waals surface area contributed by atoms with Crippen LogP contribution >= 0.6 is 22.9 Å². The summed E-state index contributed by atoms with van der Waals surface area (Å²) < 4.78 is 2.39. The maximum Gasteiger partial charge on any atom is 0.252 e. The molecule has 0 aromatic rings. The van der Waals surface area contributed by atoms with Crippen LogP contribution < -0.4 is 9.26 Å². The van der Waals surface area contributed by atoms with Crippen molar-refractivity contribution in [3.8, 4) is 0 Å². The Hall–Kier alpha value is -0.100. The van der Waals surface area contributed by atoms with Crippen molar-refractivity contribution < 1.29 is 4.79 Å². The zero-order valence-corrected chi connectivity index (χ0v) is 6.38. The first-order valence-corrected chi connectivity index (χ1v) is 3.16. The van der Waals surface area contributed by atoms with E-state index in [0.717, 1.165) is 0 Å². The molecule has 0 atom stereocenters. The number of hydrogen-bond acceptors (Lipinski definition) is 2. The summed E-state index contributed by atoms with van der Waals surface area (Å²) >= 11 is 1.76. The molecule has 0 bridgehead atoms. The third kappa shape index (κ3) is 4.07. The number of nitrogens with one attached hydrogen (secondary N) is 1. The second-order valence-electron chi connectivity index (χ2n) is 1.10. The van der Waals surface area contributed by atoms with Gasteiger partial charge < -0.3 is 5.73 Å². The van der Waals surface area contributed by atoms with Crippen molar-refractivity contribution in [1.82, 2.24) is 3.53 Å². The molecule has 0 radical (unpaired) electrons. The van der Waals surface area contributed by atoms with Crippen LogP contribution in [-0.4, -0.2) is 12.5 Å². The number of rotatable bonds is 2. The lowest BCUT2D eigenvalue weighted by Crippen LogP contribution is -2.07. The standard InChI is InChI=1S/C4H7IN2O/c5-7-4(8)2-1-3-6/h1-2H,3,6H2,(H,7,8)/b2-1+. The fourth-order valence-corrected chi connectivity index (χ4v) is 0.386. The summed E-state index contributed by atoms with van der Waals surface area (Å²) in [6.07, 6.45) is 2.99. The van der Waals surface area contributed by atoms with E-state index in [1.165, 1.54) is 6.08 Å². The number of hydrogen-bond donors (Lipinski definition) is 2. The van der Waals surface area contributed by atoms with Gasteiger partial charge in [-0.15, -0.1) is 0 Å². The van der Waals surface area contributed by atoms with Gasteiger partial charge >= 0.3 is 0 Å². The zero-order chi connectivity index (χ0) is 6.41. The fraction of sp³-hybridized carbons (Fsp3) is 0.250. The summed E-state index contributed by atoms with van der Waals surface area (Å²) in [4.78, 5) is 10.3. The van der Waals surface area contributed by atoms with Crippen LogP contribution in [0.3, 0.4) is 0 Å². The first-order valence-electron chi connectivity index (χ1n) is 2.08. The van der Waals surface area contributed by atoms with Crippen LogP contribution in [-0.2, 0) is 4.79 Å². The Morgan fingerprint density at radius 3 is 2.88 bits per heavy atom. The number of carbonyl (C=O) groups excluding carboxylic acids is 1. The van der Waals surface area contributed by atoms with E-state index in [2.05, 4.69) is 3.53 Å². The van der Waals surface area contributed by atoms with Gasteiger partial charge in [0.1, 0.15) is 0 Å². The van der Waals surface area contributed by atoms with E-state index in [-0.39, 0.29) is 5.91 Å². The Labute approximate surface area is 61.8 Å². The van der Waals surface area contributed by atoms with Gasteiger partial charge in [-0.2, -0.15) is 0 Å². The number of carbonyl (C=O) groups is 1. The molecule has 0 aliphatic heterocycles. The van der Waals surface area contributed by atoms with Gasteiger partial charge in [-0.05, 0) is 0 Å². The highest BCUT2D eigenvalue weighted by Crippen LogP contribution is 1.74. The number of halogens is 1. The normalized spacial score (nSPS) is 9.75. The smallest absolute Gasteiger partial charge is 0.252 e. The lowest BCUT2D eigenvalue weighted by molar-refractivity contribution is -0.114. The molecular formula is C4H7IN2O. The molecule has 0 unspecified atom stereocenters. The van der Waals surface area contributed by atoms with Crippen LogP contribution in [0, 0.1) is 0 Å². The Kier molecular flexibility index (Phi) is 4.98. The summed E-state index contributed by atoms with van der Waals surface area (Å²) in [6.45, 7) is 0.407. The van der Waals surface area contributed by atoms with Crippen molar-refractivity contribution in [1.29, 1.82) is 0 Å². The molecule has 0 heterocycles. The highest BCUT2D eigenvalue weighted by atomic mass is 127. The van der Waals surface area contributed by atoms with Crippen molar-refractivity contribution >= 4 is 28.8 Å². The third-order valence-corrected chi connectivity index (χ3v) is 1.03. The van der Waals surface area contributed by atoms with Crippen molar-refractivity contribution in [3.63, 3.8) is 0 Å². The predicted octanol–water partition coefficient (Wildman–Crippen LogP) is -0.0325. The highest BCUT2D eigenvalue weighted by molar-refractivity contribution is 14.1. The van der Waals surface area contributed by atoms with E-state index in [9.17, 15) is 4.79 Å². The lowest BCUT2D eigenvalue weighted by atomic mass is 10.5. The molecule has 0 aliphatic carbocycles. The number of nitrogens with two attached hydrogens (primary N) is 1. The molecule has 0 aliphatic rings. The molecule has 0 aromatic heterocycles. The van der Waals surface area contributed by atoms with E-state index in [1.54, 1.807) is 28.9 Å². The quantitative estimate of drug-likeness (QED) is 0.394. The van der Waals surface area contributed by atoms with Crippen LogP contribution in [0.15, 0.2) is 12.2 Å². The fourth-order valence-electron chi connectivity index (χ4n) is 0.207. The molecule has 8 heavy (non-hydrogen) atoms. The third-order valence-electron chi connectivity index (χ3n) is 0.498. The van der Waals surface area contributed by atoms with Gasteiger partial charge in [0, 0.05) is 12.6 Å². The van der Waals surface area contributed by atoms with Crippen molar-refractivity contribution in [3.05, 3.63) is 12.2 Å². The van der Waals surface area contributed by atoms with E-state index < -0.39 is 0 Å². The van der Waals surface area contributed by atoms with Gasteiger partial charge in [-0.3, -0.25) is 8.32 Å². The molecule has 46 valence electrons. The van der Waals surface area contributed by atoms with Gasteiger partial charge in [0.25, 0.3) is 5.91 Å². The summed E-state index contributed by atoms with van der Waals surface area (Å²) in [5.74, 6) is -0.129. The first kappa shape index (κ1) is 7.90. The lowest BCUT2D eigenvalue weighted by Gasteiger charge is -1.83. The number of amides is 1. The van der Waals surface area contributed by atoms with Gasteiger partial charge in [0.05, 0.1) is 22.9 Å². The summed E-state index contributed by atoms with van der Waals surface area (Å²) in [5, 5.41) is 0. The average Bonchev–Trinajstić information content (AvgIpc) is 1.83. The SMILES string of the molecule is NC/C=C/C(=O)NI. The van der Waals surface area contributed by atoms with Crippen molar-refractivity contribution in [2.24, 2.45) is 5.73 Å². The average molecular weight is 226 g/mol. The summed E-state index contributed by atoms with van der Waals surface area (Å²) in [6, 6.07) is 0. The Bertz CT molecular complexity index is 102. The largest absolute Gasteiger partial charge is 0.327 e. The van der Waals surface area contributed by atoms with E-state index in [4.69, 9.17) is 5.73 Å². The Balaban J connectivity index is 3.37. The summed E-state index contributed by atoms with van der Waals surface area (Å²) in [5.41, 5.74) is 5.06. The minimum Gasteiger partial charge on any atom is -0.327 e. The van der Waals surface area contributed by atoms with Crippen LogP contribution in [0.2, 0.25) is 0 Å². The monoisotopic (exact) mass is 226 g/mol. The first-order chi connectivity index (χ1) is 3.81. The second kappa shape index (κ2) is 5.04. The minimum absolute atomic E-state index is 0.129. The van der Waals surface area contributed by atoms with Crippen molar-refractivity contribution in [2.75, 3.05) is 6.54 Å². The van der Waals surface area contributed by atoms with Gasteiger partial charge in [-0.25, -0.2) is 0 Å². The van der Waals surface area contributed by atoms with E-state index in [0.29, 0.717) is 6.54 Å². The van der Waals surface area contributed by atoms with E-state index in [1.807, 2.05) is 0 Å². The van der Waals surface area contributed by atoms with Crippen molar-refractivity contribution in [2.45, 2.75) is 0 Å². The maximum absolute atomic E-state index is 10.3. The zero-order valence-electron chi connectivity index (χ0n) is 4.23. The molecule has 0 saturated carbocycles. The topological polar surface area (TPSA) is 55.1 Å². The van der Waals surface area contributed by atoms with Crippen LogP contribution in [0.1, 0.15) is 0 Å². The molecule has 3 N–H and O–H groups in total. The molecule has 0 aromatic carbocycles. The van der Waals surface area contributed by atoms with Crippen LogP contribution in [0.4, 0.5) is 0 Å². The highest BCUT2D eigenvalue weighted by Gasteiger charge is 1.84. The molecule has 0 saturated heterocycles. The molecule has 0 rings (SSSR count).